The lowest BCUT2D eigenvalue weighted by Crippen LogP contribution is -2.28. The average molecular weight is 395 g/mol. The Balaban J connectivity index is 1.37. The first-order valence-electron chi connectivity index (χ1n) is 10.7. The van der Waals surface area contributed by atoms with Crippen molar-refractivity contribution in [2.45, 2.75) is 25.3 Å². The molecule has 0 bridgehead atoms. The molecule has 0 radical (unpaired) electrons. The van der Waals surface area contributed by atoms with Crippen molar-refractivity contribution in [2.24, 2.45) is 10.9 Å². The van der Waals surface area contributed by atoms with Crippen LogP contribution in [0.15, 0.2) is 89.9 Å². The van der Waals surface area contributed by atoms with Gasteiger partial charge in [-0.2, -0.15) is 0 Å². The summed E-state index contributed by atoms with van der Waals surface area (Å²) in [6, 6.07) is 25.6. The Hall–Kier alpha value is -3.33. The van der Waals surface area contributed by atoms with Crippen LogP contribution in [0.3, 0.4) is 0 Å². The maximum Gasteiger partial charge on any atom is 0.128 e. The van der Waals surface area contributed by atoms with Gasteiger partial charge in [0, 0.05) is 23.4 Å². The van der Waals surface area contributed by atoms with Gasteiger partial charge in [0.25, 0.3) is 0 Å². The van der Waals surface area contributed by atoms with Crippen molar-refractivity contribution in [3.63, 3.8) is 0 Å². The van der Waals surface area contributed by atoms with Crippen LogP contribution in [0, 0.1) is 5.92 Å². The van der Waals surface area contributed by atoms with Crippen LogP contribution in [-0.4, -0.2) is 12.8 Å². The van der Waals surface area contributed by atoms with Gasteiger partial charge in [-0.15, -0.1) is 0 Å². The maximum absolute atomic E-state index is 5.69. The van der Waals surface area contributed by atoms with E-state index in [1.807, 2.05) is 37.4 Å². The predicted octanol–water partition coefficient (Wildman–Crippen LogP) is 6.66. The number of nitrogens with zero attached hydrogens (tertiary/aromatic N) is 1. The van der Waals surface area contributed by atoms with Gasteiger partial charge < -0.3 is 10.1 Å². The van der Waals surface area contributed by atoms with Crippen LogP contribution < -0.4 is 10.1 Å². The van der Waals surface area contributed by atoms with Crippen LogP contribution in [0.1, 0.15) is 42.0 Å². The summed E-state index contributed by atoms with van der Waals surface area (Å²) in [6.07, 6.45) is 7.71. The predicted molar refractivity (Wildman–Crippen MR) is 124 cm³/mol. The monoisotopic (exact) mass is 394 g/mol. The van der Waals surface area contributed by atoms with Crippen molar-refractivity contribution in [1.82, 2.24) is 0 Å². The van der Waals surface area contributed by atoms with Crippen molar-refractivity contribution in [3.8, 4) is 5.75 Å². The van der Waals surface area contributed by atoms with Gasteiger partial charge >= 0.3 is 0 Å². The lowest BCUT2D eigenvalue weighted by molar-refractivity contribution is 0.340. The van der Waals surface area contributed by atoms with E-state index in [2.05, 4.69) is 71.0 Å². The highest BCUT2D eigenvalue weighted by atomic mass is 16.5. The second-order valence-electron chi connectivity index (χ2n) is 7.88. The number of rotatable bonds is 5. The number of allylic oxidation sites excluding steroid dienone is 2. The van der Waals surface area contributed by atoms with Crippen LogP contribution in [0.5, 0.6) is 5.75 Å². The summed E-state index contributed by atoms with van der Waals surface area (Å²) in [5.41, 5.74) is 5.93. The Kier molecular flexibility index (Phi) is 5.10. The number of ether oxygens (including phenoxy) is 1. The summed E-state index contributed by atoms with van der Waals surface area (Å²) >= 11 is 0. The lowest BCUT2D eigenvalue weighted by Gasteiger charge is -2.37. The zero-order valence-corrected chi connectivity index (χ0v) is 17.2. The minimum absolute atomic E-state index is 0.316. The fourth-order valence-corrected chi connectivity index (χ4v) is 4.66. The van der Waals surface area contributed by atoms with E-state index in [1.54, 1.807) is 0 Å². The Labute approximate surface area is 178 Å². The number of benzene rings is 3. The summed E-state index contributed by atoms with van der Waals surface area (Å²) in [5.74, 6) is 1.93. The van der Waals surface area contributed by atoms with Gasteiger partial charge in [0.05, 0.1) is 18.3 Å². The molecular formula is C27H26N2O. The van der Waals surface area contributed by atoms with Crippen molar-refractivity contribution >= 4 is 17.6 Å². The topological polar surface area (TPSA) is 33.6 Å². The van der Waals surface area contributed by atoms with Gasteiger partial charge in [0.15, 0.2) is 0 Å². The molecular weight excluding hydrogens is 368 g/mol. The normalized spacial score (nSPS) is 21.8. The molecule has 1 heterocycles. The van der Waals surface area contributed by atoms with Crippen molar-refractivity contribution in [2.75, 3.05) is 11.9 Å². The first-order valence-corrected chi connectivity index (χ1v) is 10.7. The summed E-state index contributed by atoms with van der Waals surface area (Å²) in [6.45, 7) is 2.64. The van der Waals surface area contributed by atoms with Gasteiger partial charge in [0.1, 0.15) is 5.75 Å². The third kappa shape index (κ3) is 3.52. The molecule has 0 aromatic heterocycles. The Morgan fingerprint density at radius 1 is 1.00 bits per heavy atom. The smallest absolute Gasteiger partial charge is 0.128 e. The lowest BCUT2D eigenvalue weighted by atomic mass is 9.77. The molecule has 1 aliphatic heterocycles. The molecule has 5 rings (SSSR count). The Bertz CT molecular complexity index is 1080. The molecule has 3 atom stereocenters. The minimum Gasteiger partial charge on any atom is -0.493 e. The molecule has 0 saturated carbocycles. The molecule has 3 aromatic carbocycles. The second-order valence-corrected chi connectivity index (χ2v) is 7.88. The fraction of sp³-hybridized carbons (Fsp3) is 0.222. The van der Waals surface area contributed by atoms with Gasteiger partial charge in [0.2, 0.25) is 0 Å². The largest absolute Gasteiger partial charge is 0.493 e. The SMILES string of the molecule is CCOc1ccccc1C=Nc1ccc([C@@H]2Nc3ccccc3[C@@H]3C=CC[C@@H]32)cc1. The number of fused-ring (bicyclic) bond motifs is 3. The molecule has 0 saturated heterocycles. The molecule has 3 nitrogen and oxygen atoms in total. The summed E-state index contributed by atoms with van der Waals surface area (Å²) < 4.78 is 5.69. The molecule has 3 aromatic rings. The van der Waals surface area contributed by atoms with Crippen molar-refractivity contribution in [3.05, 3.63) is 102 Å². The van der Waals surface area contributed by atoms with Crippen LogP contribution in [-0.2, 0) is 0 Å². The van der Waals surface area contributed by atoms with Gasteiger partial charge in [-0.1, -0.05) is 54.6 Å². The van der Waals surface area contributed by atoms with E-state index >= 15 is 0 Å². The molecule has 0 spiro atoms. The van der Waals surface area contributed by atoms with Crippen LogP contribution in [0.25, 0.3) is 0 Å². The van der Waals surface area contributed by atoms with Crippen LogP contribution >= 0.6 is 0 Å². The molecule has 30 heavy (non-hydrogen) atoms. The summed E-state index contributed by atoms with van der Waals surface area (Å²) in [7, 11) is 0. The second kappa shape index (κ2) is 8.19. The van der Waals surface area contributed by atoms with Crippen molar-refractivity contribution < 1.29 is 4.74 Å². The molecule has 2 aliphatic rings. The quantitative estimate of drug-likeness (QED) is 0.388. The molecule has 0 amide bonds. The van der Waals surface area contributed by atoms with E-state index in [4.69, 9.17) is 4.74 Å². The van der Waals surface area contributed by atoms with E-state index in [9.17, 15) is 0 Å². The van der Waals surface area contributed by atoms with E-state index in [-0.39, 0.29) is 0 Å². The van der Waals surface area contributed by atoms with E-state index in [0.29, 0.717) is 24.5 Å². The average Bonchev–Trinajstić information content (AvgIpc) is 3.29. The molecule has 1 aliphatic carbocycles. The van der Waals surface area contributed by atoms with Crippen LogP contribution in [0.2, 0.25) is 0 Å². The van der Waals surface area contributed by atoms with Gasteiger partial charge in [-0.3, -0.25) is 4.99 Å². The maximum atomic E-state index is 5.69. The molecule has 0 unspecified atom stereocenters. The number of anilines is 1. The highest BCUT2D eigenvalue weighted by molar-refractivity contribution is 5.85. The molecule has 3 heteroatoms. The summed E-state index contributed by atoms with van der Waals surface area (Å²) in [5, 5.41) is 3.79. The summed E-state index contributed by atoms with van der Waals surface area (Å²) in [4.78, 5) is 4.67. The Morgan fingerprint density at radius 2 is 1.80 bits per heavy atom. The van der Waals surface area contributed by atoms with E-state index < -0.39 is 0 Å². The third-order valence-corrected chi connectivity index (χ3v) is 6.10. The van der Waals surface area contributed by atoms with E-state index in [1.165, 1.54) is 16.8 Å². The van der Waals surface area contributed by atoms with Crippen LogP contribution in [0.4, 0.5) is 11.4 Å². The zero-order chi connectivity index (χ0) is 20.3. The number of hydrogen-bond donors (Lipinski definition) is 1. The first-order chi connectivity index (χ1) is 14.8. The zero-order valence-electron chi connectivity index (χ0n) is 17.2. The molecule has 1 N–H and O–H groups in total. The Morgan fingerprint density at radius 3 is 2.67 bits per heavy atom. The number of aliphatic imine (C=N–C) groups is 1. The number of nitrogens with one attached hydrogen (secondary N) is 1. The van der Waals surface area contributed by atoms with Gasteiger partial charge in [-0.05, 0) is 60.7 Å². The van der Waals surface area contributed by atoms with Crippen molar-refractivity contribution in [1.29, 1.82) is 0 Å². The number of para-hydroxylation sites is 2. The highest BCUT2D eigenvalue weighted by Gasteiger charge is 2.37. The third-order valence-electron chi connectivity index (χ3n) is 6.10. The highest BCUT2D eigenvalue weighted by Crippen LogP contribution is 2.49. The number of hydrogen-bond acceptors (Lipinski definition) is 3. The van der Waals surface area contributed by atoms with E-state index in [0.717, 1.165) is 23.4 Å². The minimum atomic E-state index is 0.316. The molecule has 0 fully saturated rings. The first kappa shape index (κ1) is 18.7. The van der Waals surface area contributed by atoms with Gasteiger partial charge in [-0.25, -0.2) is 0 Å². The molecule has 150 valence electrons. The standard InChI is InChI=1S/C27H26N2O/c1-2-30-26-13-6-3-8-20(26)18-28-21-16-14-19(15-17-21)27-24-11-7-10-22(24)23-9-4-5-12-25(23)29-27/h3-10,12-18,22,24,27,29H,2,11H2,1H3/t22-,24-,27-/m0/s1. The fourth-order valence-electron chi connectivity index (χ4n) is 4.66.